The number of fused-ring (bicyclic) bond motifs is 1. The van der Waals surface area contributed by atoms with Gasteiger partial charge in [-0.15, -0.1) is 11.3 Å². The minimum atomic E-state index is -0.267. The number of piperazine rings is 1. The summed E-state index contributed by atoms with van der Waals surface area (Å²) in [5.74, 6) is 0.687. The molecule has 1 aromatic carbocycles. The van der Waals surface area contributed by atoms with E-state index in [9.17, 15) is 9.18 Å². The second-order valence-corrected chi connectivity index (χ2v) is 8.28. The fourth-order valence-corrected chi connectivity index (χ4v) is 4.51. The molecule has 5 nitrogen and oxygen atoms in total. The number of halogens is 1. The standard InChI is InChI=1S/C20H21FN4OS/c21-16-5-3-15(4-6-16)17-12-25-18(13-27-20(25)22-17)19(26)24-9-7-23(8-10-24)11-14-1-2-14/h3-6,12-14H,1-2,7-11H2. The molecule has 0 radical (unpaired) electrons. The summed E-state index contributed by atoms with van der Waals surface area (Å²) < 4.78 is 15.0. The monoisotopic (exact) mass is 384 g/mol. The zero-order valence-corrected chi connectivity index (χ0v) is 15.8. The number of hydrogen-bond donors (Lipinski definition) is 0. The summed E-state index contributed by atoms with van der Waals surface area (Å²) in [6.45, 7) is 4.67. The molecule has 1 amide bonds. The van der Waals surface area contributed by atoms with Crippen LogP contribution in [0.25, 0.3) is 16.2 Å². The van der Waals surface area contributed by atoms with E-state index < -0.39 is 0 Å². The van der Waals surface area contributed by atoms with E-state index in [1.807, 2.05) is 20.9 Å². The Kier molecular flexibility index (Phi) is 4.21. The first-order valence-corrected chi connectivity index (χ1v) is 10.3. The average Bonchev–Trinajstić information content (AvgIpc) is 3.25. The molecule has 0 bridgehead atoms. The van der Waals surface area contributed by atoms with Gasteiger partial charge in [0.15, 0.2) is 4.96 Å². The number of carbonyl (C=O) groups excluding carboxylic acids is 1. The summed E-state index contributed by atoms with van der Waals surface area (Å²) in [6.07, 6.45) is 4.60. The van der Waals surface area contributed by atoms with Crippen LogP contribution in [0.2, 0.25) is 0 Å². The molecule has 27 heavy (non-hydrogen) atoms. The number of amides is 1. The van der Waals surface area contributed by atoms with E-state index in [1.165, 1.54) is 42.9 Å². The lowest BCUT2D eigenvalue weighted by Gasteiger charge is -2.34. The van der Waals surface area contributed by atoms with E-state index in [4.69, 9.17) is 0 Å². The molecule has 0 spiro atoms. The van der Waals surface area contributed by atoms with E-state index >= 15 is 0 Å². The molecule has 1 saturated carbocycles. The Bertz CT molecular complexity index is 968. The van der Waals surface area contributed by atoms with Crippen LogP contribution in [0.3, 0.4) is 0 Å². The zero-order valence-electron chi connectivity index (χ0n) is 15.0. The lowest BCUT2D eigenvalue weighted by molar-refractivity contribution is 0.0625. The SMILES string of the molecule is O=C(c1csc2nc(-c3ccc(F)cc3)cn12)N1CCN(CC2CC2)CC1. The third-order valence-corrected chi connectivity index (χ3v) is 6.28. The summed E-state index contributed by atoms with van der Waals surface area (Å²) in [4.78, 5) is 22.8. The van der Waals surface area contributed by atoms with Crippen LogP contribution in [0, 0.1) is 11.7 Å². The molecular weight excluding hydrogens is 363 g/mol. The van der Waals surface area contributed by atoms with E-state index in [2.05, 4.69) is 9.88 Å². The molecule has 3 heterocycles. The number of imidazole rings is 1. The predicted octanol–water partition coefficient (Wildman–Crippen LogP) is 3.37. The molecule has 0 atom stereocenters. The summed E-state index contributed by atoms with van der Waals surface area (Å²) in [5.41, 5.74) is 2.26. The van der Waals surface area contributed by atoms with Crippen molar-refractivity contribution in [3.8, 4) is 11.3 Å². The van der Waals surface area contributed by atoms with E-state index in [0.717, 1.165) is 48.3 Å². The normalized spacial score (nSPS) is 18.3. The molecule has 5 rings (SSSR count). The highest BCUT2D eigenvalue weighted by atomic mass is 32.1. The van der Waals surface area contributed by atoms with Crippen LogP contribution in [-0.4, -0.2) is 57.8 Å². The maximum atomic E-state index is 13.1. The minimum absolute atomic E-state index is 0.0652. The first-order valence-electron chi connectivity index (χ1n) is 9.41. The van der Waals surface area contributed by atoms with Crippen molar-refractivity contribution in [2.45, 2.75) is 12.8 Å². The van der Waals surface area contributed by atoms with Crippen molar-refractivity contribution in [1.82, 2.24) is 19.2 Å². The number of aromatic nitrogens is 2. The highest BCUT2D eigenvalue weighted by molar-refractivity contribution is 7.15. The molecule has 2 aliphatic rings. The predicted molar refractivity (Wildman–Crippen MR) is 104 cm³/mol. The van der Waals surface area contributed by atoms with Crippen molar-refractivity contribution >= 4 is 22.2 Å². The van der Waals surface area contributed by atoms with Gasteiger partial charge in [0.25, 0.3) is 5.91 Å². The number of nitrogens with zero attached hydrogens (tertiary/aromatic N) is 4. The Morgan fingerprint density at radius 1 is 1.15 bits per heavy atom. The van der Waals surface area contributed by atoms with Crippen molar-refractivity contribution in [2.24, 2.45) is 5.92 Å². The van der Waals surface area contributed by atoms with Crippen molar-refractivity contribution in [1.29, 1.82) is 0 Å². The highest BCUT2D eigenvalue weighted by Gasteiger charge is 2.29. The van der Waals surface area contributed by atoms with Crippen LogP contribution in [-0.2, 0) is 0 Å². The molecule has 2 fully saturated rings. The van der Waals surface area contributed by atoms with Gasteiger partial charge in [0.2, 0.25) is 0 Å². The Balaban J connectivity index is 1.33. The molecule has 3 aromatic rings. The van der Waals surface area contributed by atoms with E-state index in [-0.39, 0.29) is 11.7 Å². The van der Waals surface area contributed by atoms with Gasteiger partial charge in [0.05, 0.1) is 5.69 Å². The number of thiazole rings is 1. The lowest BCUT2D eigenvalue weighted by Crippen LogP contribution is -2.49. The fraction of sp³-hybridized carbons (Fsp3) is 0.400. The third-order valence-electron chi connectivity index (χ3n) is 5.44. The van der Waals surface area contributed by atoms with Crippen molar-refractivity contribution in [3.05, 3.63) is 47.4 Å². The van der Waals surface area contributed by atoms with Gasteiger partial charge in [-0.2, -0.15) is 0 Å². The molecule has 1 saturated heterocycles. The van der Waals surface area contributed by atoms with Gasteiger partial charge in [-0.25, -0.2) is 9.37 Å². The molecule has 1 aliphatic carbocycles. The number of rotatable bonds is 4. The molecule has 0 N–H and O–H groups in total. The van der Waals surface area contributed by atoms with Gasteiger partial charge in [-0.05, 0) is 43.0 Å². The van der Waals surface area contributed by atoms with Crippen molar-refractivity contribution in [3.63, 3.8) is 0 Å². The van der Waals surface area contributed by atoms with Gasteiger partial charge >= 0.3 is 0 Å². The smallest absolute Gasteiger partial charge is 0.271 e. The number of carbonyl (C=O) groups is 1. The van der Waals surface area contributed by atoms with E-state index in [0.29, 0.717) is 5.69 Å². The molecule has 140 valence electrons. The van der Waals surface area contributed by atoms with Gasteiger partial charge in [0.1, 0.15) is 11.5 Å². The lowest BCUT2D eigenvalue weighted by atomic mass is 10.2. The van der Waals surface area contributed by atoms with Gasteiger partial charge in [-0.1, -0.05) is 0 Å². The summed E-state index contributed by atoms with van der Waals surface area (Å²) in [5, 5.41) is 1.88. The molecule has 0 unspecified atom stereocenters. The van der Waals surface area contributed by atoms with Crippen LogP contribution in [0.15, 0.2) is 35.8 Å². The quantitative estimate of drug-likeness (QED) is 0.693. The topological polar surface area (TPSA) is 40.9 Å². The van der Waals surface area contributed by atoms with Crippen LogP contribution < -0.4 is 0 Å². The molecule has 7 heteroatoms. The summed E-state index contributed by atoms with van der Waals surface area (Å²) in [6, 6.07) is 6.27. The summed E-state index contributed by atoms with van der Waals surface area (Å²) in [7, 11) is 0. The summed E-state index contributed by atoms with van der Waals surface area (Å²) >= 11 is 1.46. The Hall–Kier alpha value is -2.25. The van der Waals surface area contributed by atoms with Gasteiger partial charge < -0.3 is 4.90 Å². The highest BCUT2D eigenvalue weighted by Crippen LogP contribution is 2.30. The van der Waals surface area contributed by atoms with E-state index in [1.54, 1.807) is 12.1 Å². The zero-order chi connectivity index (χ0) is 18.4. The van der Waals surface area contributed by atoms with Crippen LogP contribution in [0.5, 0.6) is 0 Å². The molecule has 1 aliphatic heterocycles. The maximum absolute atomic E-state index is 13.1. The van der Waals surface area contributed by atoms with Crippen LogP contribution in [0.1, 0.15) is 23.3 Å². The van der Waals surface area contributed by atoms with Crippen molar-refractivity contribution < 1.29 is 9.18 Å². The Labute approximate surface area is 161 Å². The minimum Gasteiger partial charge on any atom is -0.335 e. The third kappa shape index (κ3) is 3.37. The maximum Gasteiger partial charge on any atom is 0.271 e. The first kappa shape index (κ1) is 16.9. The largest absolute Gasteiger partial charge is 0.335 e. The molecule has 2 aromatic heterocycles. The van der Waals surface area contributed by atoms with Crippen LogP contribution in [0.4, 0.5) is 4.39 Å². The number of benzene rings is 1. The average molecular weight is 384 g/mol. The first-order chi connectivity index (χ1) is 13.2. The fourth-order valence-electron chi connectivity index (χ4n) is 3.66. The van der Waals surface area contributed by atoms with Gasteiger partial charge in [-0.3, -0.25) is 14.1 Å². The molecular formula is C20H21FN4OS. The van der Waals surface area contributed by atoms with Crippen molar-refractivity contribution in [2.75, 3.05) is 32.7 Å². The van der Waals surface area contributed by atoms with Crippen LogP contribution >= 0.6 is 11.3 Å². The Morgan fingerprint density at radius 3 is 2.59 bits per heavy atom. The number of hydrogen-bond acceptors (Lipinski definition) is 4. The Morgan fingerprint density at radius 2 is 1.89 bits per heavy atom. The second kappa shape index (κ2) is 6.73. The second-order valence-electron chi connectivity index (χ2n) is 7.44. The van der Waals surface area contributed by atoms with Gasteiger partial charge in [0, 0.05) is 49.9 Å².